The molecule has 16 heavy (non-hydrogen) atoms. The first-order valence-electron chi connectivity index (χ1n) is 5.12. The van der Waals surface area contributed by atoms with Gasteiger partial charge in [0, 0.05) is 11.3 Å². The summed E-state index contributed by atoms with van der Waals surface area (Å²) in [5, 5.41) is 10.0. The number of benzene rings is 1. The molecule has 0 saturated heterocycles. The van der Waals surface area contributed by atoms with Gasteiger partial charge in [-0.3, -0.25) is 0 Å². The predicted molar refractivity (Wildman–Crippen MR) is 65.6 cm³/mol. The summed E-state index contributed by atoms with van der Waals surface area (Å²) >= 11 is 1.70. The summed E-state index contributed by atoms with van der Waals surface area (Å²) in [6, 6.07) is 9.86. The summed E-state index contributed by atoms with van der Waals surface area (Å²) in [6.07, 6.45) is 5.46. The van der Waals surface area contributed by atoms with Crippen LogP contribution in [0.5, 0.6) is 0 Å². The van der Waals surface area contributed by atoms with E-state index in [1.807, 2.05) is 36.6 Å². The predicted octanol–water partition coefficient (Wildman–Crippen LogP) is 3.28. The molecule has 0 bridgehead atoms. The van der Waals surface area contributed by atoms with Crippen molar-refractivity contribution < 1.29 is 9.52 Å². The zero-order chi connectivity index (χ0) is 11.4. The molecule has 1 atom stereocenters. The van der Waals surface area contributed by atoms with Crippen LogP contribution in [0.4, 0.5) is 0 Å². The van der Waals surface area contributed by atoms with Crippen LogP contribution in [0.2, 0.25) is 0 Å². The lowest BCUT2D eigenvalue weighted by Crippen LogP contribution is -2.00. The SMILES string of the molecule is CSc1ccc(C(O)Cc2ccoc2)cc1. The topological polar surface area (TPSA) is 33.4 Å². The lowest BCUT2D eigenvalue weighted by molar-refractivity contribution is 0.178. The highest BCUT2D eigenvalue weighted by Crippen LogP contribution is 2.21. The van der Waals surface area contributed by atoms with Crippen LogP contribution in [0.25, 0.3) is 0 Å². The van der Waals surface area contributed by atoms with Crippen LogP contribution < -0.4 is 0 Å². The molecule has 3 heteroatoms. The van der Waals surface area contributed by atoms with Crippen LogP contribution in [-0.4, -0.2) is 11.4 Å². The minimum absolute atomic E-state index is 0.464. The molecule has 0 amide bonds. The zero-order valence-corrected chi connectivity index (χ0v) is 9.91. The fraction of sp³-hybridized carbons (Fsp3) is 0.231. The molecule has 0 radical (unpaired) electrons. The summed E-state index contributed by atoms with van der Waals surface area (Å²) in [6.45, 7) is 0. The molecule has 0 aliphatic rings. The van der Waals surface area contributed by atoms with Gasteiger partial charge in [0.1, 0.15) is 0 Å². The van der Waals surface area contributed by atoms with Crippen LogP contribution >= 0.6 is 11.8 Å². The van der Waals surface area contributed by atoms with Gasteiger partial charge in [-0.25, -0.2) is 0 Å². The fourth-order valence-corrected chi connectivity index (χ4v) is 1.98. The second-order valence-electron chi connectivity index (χ2n) is 3.62. The van der Waals surface area contributed by atoms with Crippen molar-refractivity contribution >= 4 is 11.8 Å². The third-order valence-corrected chi connectivity index (χ3v) is 3.25. The maximum Gasteiger partial charge on any atom is 0.0935 e. The molecule has 0 aliphatic heterocycles. The van der Waals surface area contributed by atoms with Crippen molar-refractivity contribution in [3.05, 3.63) is 54.0 Å². The van der Waals surface area contributed by atoms with Gasteiger partial charge in [-0.05, 0) is 35.6 Å². The van der Waals surface area contributed by atoms with Gasteiger partial charge in [0.15, 0.2) is 0 Å². The maximum absolute atomic E-state index is 10.0. The minimum Gasteiger partial charge on any atom is -0.472 e. The van der Waals surface area contributed by atoms with E-state index in [0.717, 1.165) is 11.1 Å². The van der Waals surface area contributed by atoms with E-state index < -0.39 is 6.10 Å². The first-order chi connectivity index (χ1) is 7.79. The third kappa shape index (κ3) is 2.68. The lowest BCUT2D eigenvalue weighted by Gasteiger charge is -2.09. The Morgan fingerprint density at radius 2 is 2.00 bits per heavy atom. The number of hydrogen-bond acceptors (Lipinski definition) is 3. The highest BCUT2D eigenvalue weighted by atomic mass is 32.2. The molecule has 1 N–H and O–H groups in total. The van der Waals surface area contributed by atoms with Gasteiger partial charge >= 0.3 is 0 Å². The highest BCUT2D eigenvalue weighted by molar-refractivity contribution is 7.98. The second kappa shape index (κ2) is 5.23. The minimum atomic E-state index is -0.464. The number of aliphatic hydroxyl groups excluding tert-OH is 1. The van der Waals surface area contributed by atoms with E-state index >= 15 is 0 Å². The fourth-order valence-electron chi connectivity index (χ4n) is 1.58. The van der Waals surface area contributed by atoms with Crippen LogP contribution in [0.3, 0.4) is 0 Å². The van der Waals surface area contributed by atoms with Gasteiger partial charge in [-0.15, -0.1) is 11.8 Å². The van der Waals surface area contributed by atoms with Crippen molar-refractivity contribution in [1.29, 1.82) is 0 Å². The molecule has 84 valence electrons. The van der Waals surface area contributed by atoms with Gasteiger partial charge in [0.2, 0.25) is 0 Å². The molecule has 0 spiro atoms. The number of thioether (sulfide) groups is 1. The molecule has 2 nitrogen and oxygen atoms in total. The van der Waals surface area contributed by atoms with Crippen molar-refractivity contribution in [3.8, 4) is 0 Å². The Morgan fingerprint density at radius 1 is 1.25 bits per heavy atom. The van der Waals surface area contributed by atoms with E-state index in [4.69, 9.17) is 4.42 Å². The molecule has 0 saturated carbocycles. The van der Waals surface area contributed by atoms with E-state index in [2.05, 4.69) is 0 Å². The number of rotatable bonds is 4. The Bertz CT molecular complexity index is 420. The average Bonchev–Trinajstić information content (AvgIpc) is 2.82. The van der Waals surface area contributed by atoms with E-state index in [-0.39, 0.29) is 0 Å². The molecule has 0 fully saturated rings. The molecule has 1 heterocycles. The molecule has 1 aromatic carbocycles. The number of furan rings is 1. The molecule has 2 aromatic rings. The Kier molecular flexibility index (Phi) is 3.70. The Balaban J connectivity index is 2.05. The standard InChI is InChI=1S/C13H14O2S/c1-16-12-4-2-11(3-5-12)13(14)8-10-6-7-15-9-10/h2-7,9,13-14H,8H2,1H3. The van der Waals surface area contributed by atoms with Gasteiger partial charge < -0.3 is 9.52 Å². The van der Waals surface area contributed by atoms with Crippen LogP contribution in [0.15, 0.2) is 52.2 Å². The van der Waals surface area contributed by atoms with E-state index in [1.54, 1.807) is 24.3 Å². The molecule has 1 aromatic heterocycles. The largest absolute Gasteiger partial charge is 0.472 e. The van der Waals surface area contributed by atoms with Crippen molar-refractivity contribution in [2.24, 2.45) is 0 Å². The summed E-state index contributed by atoms with van der Waals surface area (Å²) in [4.78, 5) is 1.21. The van der Waals surface area contributed by atoms with Crippen molar-refractivity contribution in [3.63, 3.8) is 0 Å². The smallest absolute Gasteiger partial charge is 0.0935 e. The first kappa shape index (κ1) is 11.3. The molecular weight excluding hydrogens is 220 g/mol. The normalized spacial score (nSPS) is 12.6. The quantitative estimate of drug-likeness (QED) is 0.824. The Labute approximate surface area is 99.3 Å². The van der Waals surface area contributed by atoms with Gasteiger partial charge in [0.05, 0.1) is 18.6 Å². The van der Waals surface area contributed by atoms with Crippen molar-refractivity contribution in [1.82, 2.24) is 0 Å². The third-order valence-electron chi connectivity index (χ3n) is 2.51. The average molecular weight is 234 g/mol. The number of aliphatic hydroxyl groups is 1. The number of hydrogen-bond donors (Lipinski definition) is 1. The maximum atomic E-state index is 10.0. The first-order valence-corrected chi connectivity index (χ1v) is 6.35. The summed E-state index contributed by atoms with van der Waals surface area (Å²) < 4.78 is 4.97. The summed E-state index contributed by atoms with van der Waals surface area (Å²) in [5.41, 5.74) is 1.96. The van der Waals surface area contributed by atoms with E-state index in [0.29, 0.717) is 6.42 Å². The zero-order valence-electron chi connectivity index (χ0n) is 9.09. The Hall–Kier alpha value is -1.19. The monoisotopic (exact) mass is 234 g/mol. The second-order valence-corrected chi connectivity index (χ2v) is 4.50. The molecule has 2 rings (SSSR count). The lowest BCUT2D eigenvalue weighted by atomic mass is 10.0. The van der Waals surface area contributed by atoms with E-state index in [9.17, 15) is 5.11 Å². The van der Waals surface area contributed by atoms with Crippen molar-refractivity contribution in [2.45, 2.75) is 17.4 Å². The van der Waals surface area contributed by atoms with Crippen LogP contribution in [0, 0.1) is 0 Å². The van der Waals surface area contributed by atoms with Gasteiger partial charge in [-0.2, -0.15) is 0 Å². The molecule has 1 unspecified atom stereocenters. The van der Waals surface area contributed by atoms with Crippen molar-refractivity contribution in [2.75, 3.05) is 6.26 Å². The van der Waals surface area contributed by atoms with E-state index in [1.165, 1.54) is 4.90 Å². The highest BCUT2D eigenvalue weighted by Gasteiger charge is 2.09. The molecular formula is C13H14O2S. The van der Waals surface area contributed by atoms with Crippen LogP contribution in [0.1, 0.15) is 17.2 Å². The van der Waals surface area contributed by atoms with Gasteiger partial charge in [0.25, 0.3) is 0 Å². The summed E-state index contributed by atoms with van der Waals surface area (Å²) in [5.74, 6) is 0. The van der Waals surface area contributed by atoms with Gasteiger partial charge in [-0.1, -0.05) is 12.1 Å². The summed E-state index contributed by atoms with van der Waals surface area (Å²) in [7, 11) is 0. The molecule has 0 aliphatic carbocycles. The van der Waals surface area contributed by atoms with Crippen LogP contribution in [-0.2, 0) is 6.42 Å². The Morgan fingerprint density at radius 3 is 2.56 bits per heavy atom.